The average molecular weight is 383 g/mol. The number of nitrogens with one attached hydrogen (secondary N) is 1. The fourth-order valence-corrected chi connectivity index (χ4v) is 4.37. The Labute approximate surface area is 166 Å². The molecule has 2 aromatic rings. The second-order valence-electron chi connectivity index (χ2n) is 8.15. The van der Waals surface area contributed by atoms with Gasteiger partial charge in [0.2, 0.25) is 5.91 Å². The lowest BCUT2D eigenvalue weighted by molar-refractivity contribution is -0.120. The van der Waals surface area contributed by atoms with Gasteiger partial charge in [-0.2, -0.15) is 0 Å². The minimum atomic E-state index is 0.0481. The maximum absolute atomic E-state index is 11.2. The zero-order chi connectivity index (χ0) is 19.7. The van der Waals surface area contributed by atoms with E-state index in [1.807, 2.05) is 0 Å². The summed E-state index contributed by atoms with van der Waals surface area (Å²) in [7, 11) is 2.07. The van der Waals surface area contributed by atoms with Crippen molar-refractivity contribution in [3.63, 3.8) is 0 Å². The number of para-hydroxylation sites is 1. The van der Waals surface area contributed by atoms with Gasteiger partial charge in [0.1, 0.15) is 11.6 Å². The molecular weight excluding hydrogens is 352 g/mol. The zero-order valence-electron chi connectivity index (χ0n) is 17.1. The van der Waals surface area contributed by atoms with Crippen LogP contribution in [0, 0.1) is 6.92 Å². The summed E-state index contributed by atoms with van der Waals surface area (Å²) in [6.45, 7) is 8.74. The summed E-state index contributed by atoms with van der Waals surface area (Å²) >= 11 is 0. The van der Waals surface area contributed by atoms with E-state index in [9.17, 15) is 4.79 Å². The van der Waals surface area contributed by atoms with E-state index in [1.165, 1.54) is 11.3 Å². The molecule has 1 aliphatic heterocycles. The number of anilines is 1. The fourth-order valence-electron chi connectivity index (χ4n) is 4.37. The molecule has 7 nitrogen and oxygen atoms in total. The van der Waals surface area contributed by atoms with E-state index in [4.69, 9.17) is 0 Å². The molecule has 2 heterocycles. The van der Waals surface area contributed by atoms with Gasteiger partial charge in [-0.3, -0.25) is 9.69 Å². The Morgan fingerprint density at radius 1 is 1.14 bits per heavy atom. The van der Waals surface area contributed by atoms with Crippen molar-refractivity contribution in [1.29, 1.82) is 0 Å². The molecule has 0 spiro atoms. The molecule has 1 aromatic heterocycles. The van der Waals surface area contributed by atoms with Gasteiger partial charge in [-0.05, 0) is 31.4 Å². The van der Waals surface area contributed by atoms with Crippen LogP contribution in [0.15, 0.2) is 24.3 Å². The van der Waals surface area contributed by atoms with E-state index in [1.54, 1.807) is 6.92 Å². The van der Waals surface area contributed by atoms with Crippen LogP contribution in [0.2, 0.25) is 0 Å². The topological polar surface area (TPSA) is 66.3 Å². The van der Waals surface area contributed by atoms with Gasteiger partial charge in [0.05, 0.1) is 6.54 Å². The van der Waals surface area contributed by atoms with Crippen LogP contribution < -0.4 is 10.2 Å². The van der Waals surface area contributed by atoms with Gasteiger partial charge in [0.15, 0.2) is 0 Å². The molecule has 0 radical (unpaired) electrons. The van der Waals surface area contributed by atoms with Gasteiger partial charge in [-0.1, -0.05) is 18.2 Å². The van der Waals surface area contributed by atoms with Crippen molar-refractivity contribution in [3.05, 3.63) is 41.5 Å². The second kappa shape index (κ2) is 7.91. The number of carbonyl (C=O) groups excluding carboxylic acids is 1. The monoisotopic (exact) mass is 382 g/mol. The molecule has 1 N–H and O–H groups in total. The lowest BCUT2D eigenvalue weighted by Gasteiger charge is -2.36. The van der Waals surface area contributed by atoms with Crippen LogP contribution in [0.1, 0.15) is 42.9 Å². The van der Waals surface area contributed by atoms with E-state index in [0.29, 0.717) is 5.92 Å². The highest BCUT2D eigenvalue weighted by Crippen LogP contribution is 2.36. The van der Waals surface area contributed by atoms with Gasteiger partial charge in [-0.25, -0.2) is 0 Å². The lowest BCUT2D eigenvalue weighted by atomic mass is 9.79. The van der Waals surface area contributed by atoms with E-state index < -0.39 is 0 Å². The van der Waals surface area contributed by atoms with Gasteiger partial charge < -0.3 is 14.8 Å². The van der Waals surface area contributed by atoms with Crippen molar-refractivity contribution in [3.8, 4) is 0 Å². The van der Waals surface area contributed by atoms with Crippen molar-refractivity contribution in [2.75, 3.05) is 31.1 Å². The molecular formula is C21H30N6O. The van der Waals surface area contributed by atoms with Gasteiger partial charge in [-0.15, -0.1) is 10.2 Å². The molecule has 150 valence electrons. The Morgan fingerprint density at radius 3 is 2.54 bits per heavy atom. The number of nitrogens with zero attached hydrogens (tertiary/aromatic N) is 5. The first-order valence-corrected chi connectivity index (χ1v) is 10.2. The van der Waals surface area contributed by atoms with Crippen LogP contribution in [0.4, 0.5) is 5.69 Å². The van der Waals surface area contributed by atoms with Crippen molar-refractivity contribution in [1.82, 2.24) is 25.0 Å². The smallest absolute Gasteiger partial charge is 0.217 e. The standard InChI is InChI=1S/C21H30N6O/c1-15-6-4-5-7-19(15)27-10-8-26(9-11-27)14-20-23-24-21(25(20)3)17-12-18(13-17)22-16(2)28/h4-7,17-18H,8-14H2,1-3H3,(H,22,28). The van der Waals surface area contributed by atoms with E-state index in [-0.39, 0.29) is 11.9 Å². The van der Waals surface area contributed by atoms with Crippen LogP contribution in [0.25, 0.3) is 0 Å². The fraction of sp³-hybridized carbons (Fsp3) is 0.571. The van der Waals surface area contributed by atoms with E-state index in [2.05, 4.69) is 68.1 Å². The third-order valence-corrected chi connectivity index (χ3v) is 6.10. The summed E-state index contributed by atoms with van der Waals surface area (Å²) in [6, 6.07) is 8.90. The number of hydrogen-bond donors (Lipinski definition) is 1. The molecule has 1 aromatic carbocycles. The van der Waals surface area contributed by atoms with Gasteiger partial charge >= 0.3 is 0 Å². The van der Waals surface area contributed by atoms with Gasteiger partial charge in [0, 0.05) is 57.8 Å². The van der Waals surface area contributed by atoms with Crippen LogP contribution in [0.5, 0.6) is 0 Å². The molecule has 2 aliphatic rings. The Hall–Kier alpha value is -2.41. The molecule has 1 amide bonds. The minimum Gasteiger partial charge on any atom is -0.369 e. The summed E-state index contributed by atoms with van der Waals surface area (Å²) in [5, 5.41) is 11.9. The lowest BCUT2D eigenvalue weighted by Crippen LogP contribution is -2.46. The predicted molar refractivity (Wildman–Crippen MR) is 109 cm³/mol. The van der Waals surface area contributed by atoms with Crippen LogP contribution in [-0.4, -0.2) is 57.8 Å². The highest BCUT2D eigenvalue weighted by atomic mass is 16.1. The van der Waals surface area contributed by atoms with Crippen LogP contribution in [-0.2, 0) is 18.4 Å². The number of aromatic nitrogens is 3. The first kappa shape index (κ1) is 18.9. The van der Waals surface area contributed by atoms with Crippen molar-refractivity contribution < 1.29 is 4.79 Å². The van der Waals surface area contributed by atoms with Crippen molar-refractivity contribution >= 4 is 11.6 Å². The number of benzene rings is 1. The highest BCUT2D eigenvalue weighted by molar-refractivity contribution is 5.73. The molecule has 0 bridgehead atoms. The molecule has 28 heavy (non-hydrogen) atoms. The Bertz CT molecular complexity index is 833. The van der Waals surface area contributed by atoms with E-state index in [0.717, 1.165) is 57.2 Å². The summed E-state index contributed by atoms with van der Waals surface area (Å²) < 4.78 is 2.16. The number of carbonyl (C=O) groups is 1. The summed E-state index contributed by atoms with van der Waals surface area (Å²) in [5.41, 5.74) is 2.69. The average Bonchev–Trinajstić information content (AvgIpc) is 2.99. The largest absolute Gasteiger partial charge is 0.369 e. The SMILES string of the molecule is CC(=O)NC1CC(c2nnc(CN3CCN(c4ccccc4C)CC3)n2C)C1. The summed E-state index contributed by atoms with van der Waals surface area (Å²) in [6.07, 6.45) is 1.92. The van der Waals surface area contributed by atoms with Gasteiger partial charge in [0.25, 0.3) is 0 Å². The molecule has 0 unspecified atom stereocenters. The Morgan fingerprint density at radius 2 is 1.86 bits per heavy atom. The first-order valence-electron chi connectivity index (χ1n) is 10.2. The van der Waals surface area contributed by atoms with Crippen molar-refractivity contribution in [2.24, 2.45) is 7.05 Å². The Balaban J connectivity index is 1.31. The summed E-state index contributed by atoms with van der Waals surface area (Å²) in [4.78, 5) is 16.1. The number of aryl methyl sites for hydroxylation is 1. The van der Waals surface area contributed by atoms with E-state index >= 15 is 0 Å². The second-order valence-corrected chi connectivity index (χ2v) is 8.15. The number of hydrogen-bond acceptors (Lipinski definition) is 5. The Kier molecular flexibility index (Phi) is 5.35. The highest BCUT2D eigenvalue weighted by Gasteiger charge is 2.34. The minimum absolute atomic E-state index is 0.0481. The quantitative estimate of drug-likeness (QED) is 0.855. The number of piperazine rings is 1. The normalized spacial score (nSPS) is 22.8. The first-order chi connectivity index (χ1) is 13.5. The molecule has 0 atom stereocenters. The molecule has 1 saturated heterocycles. The van der Waals surface area contributed by atoms with Crippen LogP contribution >= 0.6 is 0 Å². The maximum atomic E-state index is 11.2. The summed E-state index contributed by atoms with van der Waals surface area (Å²) in [5.74, 6) is 2.53. The molecule has 2 fully saturated rings. The molecule has 4 rings (SSSR count). The van der Waals surface area contributed by atoms with Crippen molar-refractivity contribution in [2.45, 2.75) is 45.2 Å². The number of rotatable bonds is 5. The van der Waals surface area contributed by atoms with Crippen LogP contribution in [0.3, 0.4) is 0 Å². The third-order valence-electron chi connectivity index (χ3n) is 6.10. The third kappa shape index (κ3) is 3.90. The zero-order valence-corrected chi connectivity index (χ0v) is 17.1. The predicted octanol–water partition coefficient (Wildman–Crippen LogP) is 1.83. The molecule has 7 heteroatoms. The molecule has 1 saturated carbocycles. The number of amides is 1. The maximum Gasteiger partial charge on any atom is 0.217 e. The molecule has 1 aliphatic carbocycles.